The number of esters is 1. The Morgan fingerprint density at radius 1 is 1.07 bits per heavy atom. The highest BCUT2D eigenvalue weighted by atomic mass is 16.6. The minimum Gasteiger partial charge on any atom is -0.462 e. The van der Waals surface area contributed by atoms with Gasteiger partial charge < -0.3 is 4.74 Å². The Labute approximate surface area is 87.0 Å². The smallest absolute Gasteiger partial charge is 0.309 e. The zero-order chi connectivity index (χ0) is 11.1. The molecule has 0 radical (unpaired) electrons. The molecule has 82 valence electrons. The third-order valence-corrected chi connectivity index (χ3v) is 3.00. The van der Waals surface area contributed by atoms with Gasteiger partial charge in [-0.3, -0.25) is 4.79 Å². The van der Waals surface area contributed by atoms with Crippen LogP contribution in [0.3, 0.4) is 0 Å². The summed E-state index contributed by atoms with van der Waals surface area (Å²) in [4.78, 5) is 11.7. The molecular weight excluding hydrogens is 176 g/mol. The number of hydrogen-bond acceptors (Lipinski definition) is 2. The highest BCUT2D eigenvalue weighted by molar-refractivity contribution is 5.75. The van der Waals surface area contributed by atoms with Crippen molar-refractivity contribution in [2.45, 2.75) is 54.1 Å². The molecule has 0 N–H and O–H groups in total. The van der Waals surface area contributed by atoms with E-state index in [1.807, 2.05) is 0 Å². The average Bonchev–Trinajstić information content (AvgIpc) is 2.27. The molecule has 1 unspecified atom stereocenters. The van der Waals surface area contributed by atoms with Gasteiger partial charge in [0.05, 0.1) is 5.92 Å². The van der Waals surface area contributed by atoms with Crippen molar-refractivity contribution in [2.24, 2.45) is 16.7 Å². The highest BCUT2D eigenvalue weighted by Gasteiger charge is 2.45. The van der Waals surface area contributed by atoms with Gasteiger partial charge in [-0.25, -0.2) is 0 Å². The lowest BCUT2D eigenvalue weighted by molar-refractivity contribution is -0.149. The van der Waals surface area contributed by atoms with E-state index in [4.69, 9.17) is 4.74 Å². The summed E-state index contributed by atoms with van der Waals surface area (Å²) >= 11 is 0. The van der Waals surface area contributed by atoms with Crippen molar-refractivity contribution in [3.8, 4) is 0 Å². The van der Waals surface area contributed by atoms with E-state index in [1.54, 1.807) is 0 Å². The molecule has 1 heterocycles. The summed E-state index contributed by atoms with van der Waals surface area (Å²) in [5.41, 5.74) is 0.0900. The van der Waals surface area contributed by atoms with Crippen LogP contribution < -0.4 is 0 Å². The van der Waals surface area contributed by atoms with Gasteiger partial charge in [0.25, 0.3) is 0 Å². The molecule has 1 saturated heterocycles. The number of carbonyl (C=O) groups excluding carboxylic acids is 1. The molecule has 2 heteroatoms. The third kappa shape index (κ3) is 2.28. The van der Waals surface area contributed by atoms with Gasteiger partial charge in [0, 0.05) is 0 Å². The number of rotatable bonds is 0. The lowest BCUT2D eigenvalue weighted by Crippen LogP contribution is -2.26. The van der Waals surface area contributed by atoms with Gasteiger partial charge in [-0.05, 0) is 17.3 Å². The van der Waals surface area contributed by atoms with Crippen molar-refractivity contribution in [1.29, 1.82) is 0 Å². The van der Waals surface area contributed by atoms with E-state index in [0.29, 0.717) is 0 Å². The molecule has 2 nitrogen and oxygen atoms in total. The van der Waals surface area contributed by atoms with Crippen LogP contribution in [0.25, 0.3) is 0 Å². The lowest BCUT2D eigenvalue weighted by Gasteiger charge is -2.26. The van der Waals surface area contributed by atoms with Crippen molar-refractivity contribution in [3.05, 3.63) is 0 Å². The number of hydrogen-bond donors (Lipinski definition) is 0. The van der Waals surface area contributed by atoms with E-state index in [1.165, 1.54) is 0 Å². The Bertz CT molecular complexity index is 230. The van der Waals surface area contributed by atoms with Crippen molar-refractivity contribution in [1.82, 2.24) is 0 Å². The van der Waals surface area contributed by atoms with Crippen LogP contribution in [0.5, 0.6) is 0 Å². The second-order valence-electron chi connectivity index (χ2n) is 6.45. The zero-order valence-electron chi connectivity index (χ0n) is 10.2. The summed E-state index contributed by atoms with van der Waals surface area (Å²) in [6.07, 6.45) is 0.950. The van der Waals surface area contributed by atoms with Crippen molar-refractivity contribution >= 4 is 5.97 Å². The SMILES string of the molecule is CC(C)(C)C1C[C@H](C(C)(C)C)OC1=O. The number of cyclic esters (lactones) is 1. The van der Waals surface area contributed by atoms with Crippen LogP contribution in [0.2, 0.25) is 0 Å². The van der Waals surface area contributed by atoms with Crippen LogP contribution in [-0.4, -0.2) is 12.1 Å². The maximum Gasteiger partial charge on any atom is 0.309 e. The molecule has 1 rings (SSSR count). The van der Waals surface area contributed by atoms with Crippen LogP contribution >= 0.6 is 0 Å². The molecule has 2 atom stereocenters. The average molecular weight is 198 g/mol. The molecule has 1 aliphatic heterocycles. The standard InChI is InChI=1S/C12H22O2/c1-11(2,3)8-7-9(12(4,5)6)14-10(8)13/h8-9H,7H2,1-6H3/t8?,9-/m1/s1. The largest absolute Gasteiger partial charge is 0.462 e. The van der Waals surface area contributed by atoms with E-state index in [9.17, 15) is 4.79 Å². The fraction of sp³-hybridized carbons (Fsp3) is 0.917. The van der Waals surface area contributed by atoms with E-state index >= 15 is 0 Å². The molecule has 1 aliphatic rings. The van der Waals surface area contributed by atoms with Gasteiger partial charge in [-0.1, -0.05) is 41.5 Å². The second kappa shape index (κ2) is 3.25. The molecule has 0 amide bonds. The summed E-state index contributed by atoms with van der Waals surface area (Å²) in [5.74, 6) is 0.0455. The fourth-order valence-electron chi connectivity index (χ4n) is 1.82. The van der Waals surface area contributed by atoms with Gasteiger partial charge >= 0.3 is 5.97 Å². The monoisotopic (exact) mass is 198 g/mol. The normalized spacial score (nSPS) is 29.1. The summed E-state index contributed by atoms with van der Waals surface area (Å²) in [5, 5.41) is 0. The van der Waals surface area contributed by atoms with Crippen LogP contribution in [0.15, 0.2) is 0 Å². The van der Waals surface area contributed by atoms with E-state index in [0.717, 1.165) is 6.42 Å². The molecule has 14 heavy (non-hydrogen) atoms. The molecule has 0 aromatic carbocycles. The maximum absolute atomic E-state index is 11.7. The predicted molar refractivity (Wildman–Crippen MR) is 56.9 cm³/mol. The lowest BCUT2D eigenvalue weighted by atomic mass is 9.76. The molecule has 0 spiro atoms. The van der Waals surface area contributed by atoms with E-state index in [-0.39, 0.29) is 28.8 Å². The molecule has 0 aromatic rings. The summed E-state index contributed by atoms with van der Waals surface area (Å²) in [6.45, 7) is 12.7. The summed E-state index contributed by atoms with van der Waals surface area (Å²) in [6, 6.07) is 0. The highest BCUT2D eigenvalue weighted by Crippen LogP contribution is 2.41. The second-order valence-corrected chi connectivity index (χ2v) is 6.45. The first kappa shape index (κ1) is 11.5. The molecule has 0 bridgehead atoms. The third-order valence-electron chi connectivity index (χ3n) is 3.00. The molecule has 0 aliphatic carbocycles. The molecule has 0 aromatic heterocycles. The Balaban J connectivity index is 2.75. The van der Waals surface area contributed by atoms with Gasteiger partial charge in [-0.15, -0.1) is 0 Å². The molecular formula is C12H22O2. The fourth-order valence-corrected chi connectivity index (χ4v) is 1.82. The Kier molecular flexibility index (Phi) is 2.68. The van der Waals surface area contributed by atoms with Gasteiger partial charge in [-0.2, -0.15) is 0 Å². The first-order valence-electron chi connectivity index (χ1n) is 5.33. The van der Waals surface area contributed by atoms with Gasteiger partial charge in [0.1, 0.15) is 6.10 Å². The van der Waals surface area contributed by atoms with Crippen molar-refractivity contribution in [2.75, 3.05) is 0 Å². The van der Waals surface area contributed by atoms with E-state index < -0.39 is 0 Å². The topological polar surface area (TPSA) is 26.3 Å². The maximum atomic E-state index is 11.7. The van der Waals surface area contributed by atoms with Crippen LogP contribution in [0.1, 0.15) is 48.0 Å². The Hall–Kier alpha value is -0.530. The first-order chi connectivity index (χ1) is 6.12. The Morgan fingerprint density at radius 2 is 1.57 bits per heavy atom. The van der Waals surface area contributed by atoms with Crippen LogP contribution in [0, 0.1) is 16.7 Å². The van der Waals surface area contributed by atoms with Crippen molar-refractivity contribution < 1.29 is 9.53 Å². The summed E-state index contributed by atoms with van der Waals surface area (Å²) < 4.78 is 5.43. The van der Waals surface area contributed by atoms with Crippen LogP contribution in [0.4, 0.5) is 0 Å². The minimum absolute atomic E-state index is 0.0163. The predicted octanol–water partition coefficient (Wildman–Crippen LogP) is 3.01. The minimum atomic E-state index is -0.0163. The number of carbonyl (C=O) groups is 1. The molecule has 1 fully saturated rings. The Morgan fingerprint density at radius 3 is 1.79 bits per heavy atom. The number of ether oxygens (including phenoxy) is 1. The zero-order valence-corrected chi connectivity index (χ0v) is 10.2. The molecule has 0 saturated carbocycles. The van der Waals surface area contributed by atoms with Gasteiger partial charge in [0.2, 0.25) is 0 Å². The van der Waals surface area contributed by atoms with Gasteiger partial charge in [0.15, 0.2) is 0 Å². The summed E-state index contributed by atoms with van der Waals surface area (Å²) in [7, 11) is 0. The van der Waals surface area contributed by atoms with E-state index in [2.05, 4.69) is 41.5 Å². The van der Waals surface area contributed by atoms with Crippen molar-refractivity contribution in [3.63, 3.8) is 0 Å². The quantitative estimate of drug-likeness (QED) is 0.559. The first-order valence-corrected chi connectivity index (χ1v) is 5.33. The van der Waals surface area contributed by atoms with Crippen LogP contribution in [-0.2, 0) is 9.53 Å².